The molecule has 4 N–H and O–H groups in total. The van der Waals surface area contributed by atoms with Crippen molar-refractivity contribution < 1.29 is 18.6 Å². The highest BCUT2D eigenvalue weighted by Crippen LogP contribution is 2.24. The van der Waals surface area contributed by atoms with Crippen molar-refractivity contribution in [3.63, 3.8) is 0 Å². The third-order valence-corrected chi connectivity index (χ3v) is 4.94. The summed E-state index contributed by atoms with van der Waals surface area (Å²) in [5.41, 5.74) is 6.89. The molecule has 0 bridgehead atoms. The molecule has 2 rings (SSSR count). The number of benzene rings is 1. The van der Waals surface area contributed by atoms with Crippen molar-refractivity contribution in [2.45, 2.75) is 24.0 Å². The van der Waals surface area contributed by atoms with Gasteiger partial charge in [-0.25, -0.2) is 8.42 Å². The van der Waals surface area contributed by atoms with Gasteiger partial charge in [-0.3, -0.25) is 0 Å². The summed E-state index contributed by atoms with van der Waals surface area (Å²) in [5.74, 6) is 0. The molecule has 1 aliphatic heterocycles. The van der Waals surface area contributed by atoms with Crippen molar-refractivity contribution in [3.05, 3.63) is 23.8 Å². The number of hydrogen-bond acceptors (Lipinski definition) is 5. The van der Waals surface area contributed by atoms with Crippen LogP contribution in [0.4, 0.5) is 5.69 Å². The Hall–Kier alpha value is -1.15. The van der Waals surface area contributed by atoms with Gasteiger partial charge in [0.1, 0.15) is 0 Å². The lowest BCUT2D eigenvalue weighted by Gasteiger charge is -2.16. The van der Waals surface area contributed by atoms with Crippen LogP contribution in [0.5, 0.6) is 0 Å². The number of hydrogen-bond donors (Lipinski definition) is 3. The third-order valence-electron chi connectivity index (χ3n) is 3.11. The predicted octanol–water partition coefficient (Wildman–Crippen LogP) is -0.697. The minimum atomic E-state index is -3.71. The van der Waals surface area contributed by atoms with Crippen LogP contribution >= 0.6 is 0 Å². The number of nitrogens with zero attached hydrogens (tertiary/aromatic N) is 1. The van der Waals surface area contributed by atoms with E-state index in [9.17, 15) is 18.6 Å². The van der Waals surface area contributed by atoms with E-state index in [0.717, 1.165) is 9.87 Å². The fraction of sp³-hybridized carbons (Fsp3) is 0.455. The summed E-state index contributed by atoms with van der Waals surface area (Å²) < 4.78 is 25.5. The first-order chi connectivity index (χ1) is 8.32. The Bertz CT molecular complexity index is 548. The number of nitrogen functional groups attached to an aromatic ring is 1. The number of β-amino-alcohol motifs (C(OH)–C–C–N with tert-alkyl or cyclic N) is 2. The standard InChI is InChI=1S/C11H16N2O4S/c1-7-2-3-8(4-9(7)12)18(16,17)13-5-10(14)11(15)6-13/h2-4,10-11,14-15H,5-6,12H2,1H3. The van der Waals surface area contributed by atoms with Gasteiger partial charge < -0.3 is 15.9 Å². The highest BCUT2D eigenvalue weighted by Gasteiger charge is 2.37. The zero-order valence-electron chi connectivity index (χ0n) is 9.94. The van der Waals surface area contributed by atoms with Gasteiger partial charge >= 0.3 is 0 Å². The number of aryl methyl sites for hydroxylation is 1. The fourth-order valence-electron chi connectivity index (χ4n) is 1.86. The maximum atomic E-state index is 12.2. The highest BCUT2D eigenvalue weighted by atomic mass is 32.2. The van der Waals surface area contributed by atoms with Gasteiger partial charge in [-0.2, -0.15) is 4.31 Å². The highest BCUT2D eigenvalue weighted by molar-refractivity contribution is 7.89. The SMILES string of the molecule is Cc1ccc(S(=O)(=O)N2CC(O)C(O)C2)cc1N. The lowest BCUT2D eigenvalue weighted by molar-refractivity contribution is 0.0572. The average Bonchev–Trinajstić information content (AvgIpc) is 2.64. The Labute approximate surface area is 106 Å². The molecule has 0 saturated carbocycles. The summed E-state index contributed by atoms with van der Waals surface area (Å²) in [6.07, 6.45) is -2.08. The van der Waals surface area contributed by atoms with Crippen LogP contribution in [0.25, 0.3) is 0 Å². The Balaban J connectivity index is 2.34. The third kappa shape index (κ3) is 2.22. The zero-order chi connectivity index (χ0) is 13.5. The van der Waals surface area contributed by atoms with E-state index in [1.165, 1.54) is 12.1 Å². The number of sulfonamides is 1. The quantitative estimate of drug-likeness (QED) is 0.618. The number of anilines is 1. The molecule has 7 heteroatoms. The zero-order valence-corrected chi connectivity index (χ0v) is 10.8. The molecule has 0 spiro atoms. The van der Waals surface area contributed by atoms with Gasteiger partial charge in [0.05, 0.1) is 17.1 Å². The van der Waals surface area contributed by atoms with Crippen LogP contribution < -0.4 is 5.73 Å². The summed E-state index contributed by atoms with van der Waals surface area (Å²) in [4.78, 5) is 0.0758. The monoisotopic (exact) mass is 272 g/mol. The topological polar surface area (TPSA) is 104 Å². The molecule has 1 aromatic rings. The van der Waals surface area contributed by atoms with Gasteiger partial charge in [0.2, 0.25) is 10.0 Å². The molecule has 1 fully saturated rings. The number of aliphatic hydroxyl groups excluding tert-OH is 2. The number of nitrogens with two attached hydrogens (primary N) is 1. The molecule has 1 heterocycles. The molecule has 1 saturated heterocycles. The molecule has 2 unspecified atom stereocenters. The summed E-state index contributed by atoms with van der Waals surface area (Å²) in [7, 11) is -3.71. The minimum Gasteiger partial charge on any atom is -0.398 e. The van der Waals surface area contributed by atoms with Crippen molar-refractivity contribution in [1.82, 2.24) is 4.31 Å². The van der Waals surface area contributed by atoms with Gasteiger partial charge in [0.15, 0.2) is 0 Å². The van der Waals surface area contributed by atoms with E-state index in [0.29, 0.717) is 5.69 Å². The van der Waals surface area contributed by atoms with Crippen molar-refractivity contribution >= 4 is 15.7 Å². The van der Waals surface area contributed by atoms with Gasteiger partial charge in [0, 0.05) is 18.8 Å². The smallest absolute Gasteiger partial charge is 0.243 e. The fourth-order valence-corrected chi connectivity index (χ4v) is 3.37. The first-order valence-electron chi connectivity index (χ1n) is 5.55. The van der Waals surface area contributed by atoms with Gasteiger partial charge in [-0.15, -0.1) is 0 Å². The van der Waals surface area contributed by atoms with Gasteiger partial charge in [-0.1, -0.05) is 6.07 Å². The molecular weight excluding hydrogens is 256 g/mol. The summed E-state index contributed by atoms with van der Waals surface area (Å²) >= 11 is 0. The molecular formula is C11H16N2O4S. The maximum Gasteiger partial charge on any atom is 0.243 e. The van der Waals surface area contributed by atoms with Gasteiger partial charge in [-0.05, 0) is 24.6 Å². The Kier molecular flexibility index (Phi) is 3.33. The van der Waals surface area contributed by atoms with Crippen molar-refractivity contribution in [3.8, 4) is 0 Å². The first-order valence-corrected chi connectivity index (χ1v) is 6.99. The van der Waals surface area contributed by atoms with Crippen LogP contribution in [0.3, 0.4) is 0 Å². The van der Waals surface area contributed by atoms with Crippen molar-refractivity contribution in [2.24, 2.45) is 0 Å². The van der Waals surface area contributed by atoms with Crippen LogP contribution in [0.1, 0.15) is 5.56 Å². The van der Waals surface area contributed by atoms with Crippen molar-refractivity contribution in [2.75, 3.05) is 18.8 Å². The average molecular weight is 272 g/mol. The van der Waals surface area contributed by atoms with E-state index in [-0.39, 0.29) is 18.0 Å². The predicted molar refractivity (Wildman–Crippen MR) is 66.4 cm³/mol. The van der Waals surface area contributed by atoms with E-state index in [1.54, 1.807) is 13.0 Å². The summed E-state index contributed by atoms with van der Waals surface area (Å²) in [5, 5.41) is 18.8. The van der Waals surface area contributed by atoms with E-state index >= 15 is 0 Å². The molecule has 0 aliphatic carbocycles. The summed E-state index contributed by atoms with van der Waals surface area (Å²) in [6, 6.07) is 4.49. The van der Waals surface area contributed by atoms with Gasteiger partial charge in [0.25, 0.3) is 0 Å². The van der Waals surface area contributed by atoms with E-state index in [1.807, 2.05) is 0 Å². The molecule has 0 radical (unpaired) electrons. The second kappa shape index (κ2) is 4.51. The van der Waals surface area contributed by atoms with Crippen LogP contribution in [-0.2, 0) is 10.0 Å². The number of aliphatic hydroxyl groups is 2. The lowest BCUT2D eigenvalue weighted by atomic mass is 10.2. The second-order valence-electron chi connectivity index (χ2n) is 4.48. The Morgan fingerprint density at radius 2 is 1.83 bits per heavy atom. The Morgan fingerprint density at radius 1 is 1.28 bits per heavy atom. The molecule has 0 amide bonds. The van der Waals surface area contributed by atoms with E-state index in [2.05, 4.69) is 0 Å². The maximum absolute atomic E-state index is 12.2. The van der Waals surface area contributed by atoms with Crippen LogP contribution in [-0.4, -0.2) is 48.2 Å². The largest absolute Gasteiger partial charge is 0.398 e. The summed E-state index contributed by atoms with van der Waals surface area (Å²) in [6.45, 7) is 1.59. The van der Waals surface area contributed by atoms with E-state index < -0.39 is 22.2 Å². The first kappa shape index (κ1) is 13.3. The normalized spacial score (nSPS) is 25.5. The molecule has 0 aromatic heterocycles. The van der Waals surface area contributed by atoms with Crippen LogP contribution in [0, 0.1) is 6.92 Å². The van der Waals surface area contributed by atoms with E-state index in [4.69, 9.17) is 5.73 Å². The lowest BCUT2D eigenvalue weighted by Crippen LogP contribution is -2.30. The molecule has 100 valence electrons. The second-order valence-corrected chi connectivity index (χ2v) is 6.41. The molecule has 1 aliphatic rings. The number of rotatable bonds is 2. The molecule has 2 atom stereocenters. The minimum absolute atomic E-state index is 0.0758. The molecule has 6 nitrogen and oxygen atoms in total. The Morgan fingerprint density at radius 3 is 2.33 bits per heavy atom. The van der Waals surface area contributed by atoms with Crippen molar-refractivity contribution in [1.29, 1.82) is 0 Å². The molecule has 18 heavy (non-hydrogen) atoms. The van der Waals surface area contributed by atoms with Crippen LogP contribution in [0.15, 0.2) is 23.1 Å². The van der Waals surface area contributed by atoms with Crippen LogP contribution in [0.2, 0.25) is 0 Å². The molecule has 1 aromatic carbocycles.